The summed E-state index contributed by atoms with van der Waals surface area (Å²) in [4.78, 5) is 36.9. The summed E-state index contributed by atoms with van der Waals surface area (Å²) < 4.78 is 0. The van der Waals surface area contributed by atoms with E-state index in [0.29, 0.717) is 22.7 Å². The number of rotatable bonds is 1. The summed E-state index contributed by atoms with van der Waals surface area (Å²) in [7, 11) is 0. The summed E-state index contributed by atoms with van der Waals surface area (Å²) in [6, 6.07) is 11.0. The predicted molar refractivity (Wildman–Crippen MR) is 129 cm³/mol. The highest BCUT2D eigenvalue weighted by molar-refractivity contribution is 5.79. The molecule has 2 aromatic carbocycles. The smallest absolute Gasteiger partial charge is 0.214 e. The van der Waals surface area contributed by atoms with Crippen LogP contribution in [0.4, 0.5) is 22.7 Å². The molecular weight excluding hydrogens is 416 g/mol. The van der Waals surface area contributed by atoms with E-state index in [-0.39, 0.29) is 23.6 Å². The molecule has 0 atom stereocenters. The van der Waals surface area contributed by atoms with Crippen LogP contribution in [0.3, 0.4) is 0 Å². The fourth-order valence-electron chi connectivity index (χ4n) is 1.51. The molecule has 0 aliphatic heterocycles. The van der Waals surface area contributed by atoms with E-state index < -0.39 is 0 Å². The third-order valence-electron chi connectivity index (χ3n) is 2.51. The summed E-state index contributed by atoms with van der Waals surface area (Å²) in [6.45, 7) is 5.22. The van der Waals surface area contributed by atoms with Gasteiger partial charge in [0.05, 0.1) is 22.7 Å². The number of primary amides is 4. The minimum atomic E-state index is -0.333. The van der Waals surface area contributed by atoms with Gasteiger partial charge in [0.25, 0.3) is 0 Å². The Morgan fingerprint density at radius 1 is 0.469 bits per heavy atom. The molecule has 16 N–H and O–H groups in total. The van der Waals surface area contributed by atoms with Crippen molar-refractivity contribution in [3.63, 3.8) is 0 Å². The van der Waals surface area contributed by atoms with Gasteiger partial charge in [0.15, 0.2) is 0 Å². The van der Waals surface area contributed by atoms with Crippen molar-refractivity contribution in [2.75, 3.05) is 22.9 Å². The first-order valence-corrected chi connectivity index (χ1v) is 8.85. The number of nitrogen functional groups attached to an aromatic ring is 4. The first kappa shape index (κ1) is 32.2. The maximum atomic E-state index is 9.22. The van der Waals surface area contributed by atoms with Gasteiger partial charge in [-0.05, 0) is 35.4 Å². The number of carbonyl (C=O) groups is 4. The Balaban J connectivity index is -0.000000432. The SMILES string of the molecule is CC(N)=O.CC(N)=O.CC(N)=O.CC(N)=O.Nc1ccc(-c2ccc(N)c(N)c2)cc1N. The Labute approximate surface area is 187 Å². The summed E-state index contributed by atoms with van der Waals surface area (Å²) in [5.74, 6) is -1.33. The molecule has 178 valence electrons. The van der Waals surface area contributed by atoms with Gasteiger partial charge in [-0.15, -0.1) is 0 Å². The average Bonchev–Trinajstić information content (AvgIpc) is 2.58. The van der Waals surface area contributed by atoms with Gasteiger partial charge in [0.2, 0.25) is 23.6 Å². The zero-order valence-corrected chi connectivity index (χ0v) is 18.7. The Morgan fingerprint density at radius 3 is 0.812 bits per heavy atom. The quantitative estimate of drug-likeness (QED) is 0.265. The van der Waals surface area contributed by atoms with Gasteiger partial charge in [-0.1, -0.05) is 12.1 Å². The molecule has 2 aromatic rings. The molecule has 0 unspecified atom stereocenters. The summed E-state index contributed by atoms with van der Waals surface area (Å²) in [5.41, 5.74) is 44.9. The average molecular weight is 451 g/mol. The van der Waals surface area contributed by atoms with E-state index in [9.17, 15) is 19.2 Å². The molecule has 12 heteroatoms. The second kappa shape index (κ2) is 17.4. The third-order valence-corrected chi connectivity index (χ3v) is 2.51. The maximum absolute atomic E-state index is 9.22. The third kappa shape index (κ3) is 23.6. The summed E-state index contributed by atoms with van der Waals surface area (Å²) >= 11 is 0. The zero-order chi connectivity index (χ0) is 26.0. The lowest BCUT2D eigenvalue weighted by Crippen LogP contribution is -2.01. The monoisotopic (exact) mass is 450 g/mol. The predicted octanol–water partition coefficient (Wildman–Crippen LogP) is -0.351. The molecule has 0 radical (unpaired) electrons. The molecule has 0 aromatic heterocycles. The van der Waals surface area contributed by atoms with E-state index in [2.05, 4.69) is 22.9 Å². The first-order valence-electron chi connectivity index (χ1n) is 8.85. The van der Waals surface area contributed by atoms with Crippen molar-refractivity contribution in [1.29, 1.82) is 0 Å². The molecule has 0 heterocycles. The molecule has 0 aliphatic rings. The Morgan fingerprint density at radius 2 is 0.656 bits per heavy atom. The topological polar surface area (TPSA) is 276 Å². The van der Waals surface area contributed by atoms with E-state index in [4.69, 9.17) is 22.9 Å². The molecule has 0 bridgehead atoms. The van der Waals surface area contributed by atoms with Crippen molar-refractivity contribution in [3.05, 3.63) is 36.4 Å². The van der Waals surface area contributed by atoms with Gasteiger partial charge in [0.1, 0.15) is 0 Å². The molecule has 2 rings (SSSR count). The standard InChI is InChI=1S/C12H14N4.4C2H5NO/c13-9-3-1-7(5-11(9)15)8-2-4-10(14)12(16)6-8;4*1-2(3)4/h1-6H,13-16H2;4*1H3,(H2,3,4). The summed E-state index contributed by atoms with van der Waals surface area (Å²) in [6.07, 6.45) is 0. The molecule has 0 spiro atoms. The van der Waals surface area contributed by atoms with E-state index >= 15 is 0 Å². The number of nitrogens with two attached hydrogens (primary N) is 8. The molecule has 32 heavy (non-hydrogen) atoms. The molecule has 0 aliphatic carbocycles. The van der Waals surface area contributed by atoms with E-state index in [1.165, 1.54) is 27.7 Å². The Hall–Kier alpha value is -4.48. The number of benzene rings is 2. The molecule has 0 fully saturated rings. The van der Waals surface area contributed by atoms with Crippen LogP contribution in [0.1, 0.15) is 27.7 Å². The molecule has 0 saturated carbocycles. The highest BCUT2D eigenvalue weighted by atomic mass is 16.2. The van der Waals surface area contributed by atoms with Crippen LogP contribution in [0.15, 0.2) is 36.4 Å². The van der Waals surface area contributed by atoms with Crippen LogP contribution in [0.5, 0.6) is 0 Å². The number of carbonyl (C=O) groups excluding carboxylic acids is 4. The molecule has 0 saturated heterocycles. The minimum Gasteiger partial charge on any atom is -0.397 e. The fraction of sp³-hybridized carbons (Fsp3) is 0.200. The highest BCUT2D eigenvalue weighted by Gasteiger charge is 2.02. The van der Waals surface area contributed by atoms with E-state index in [1.54, 1.807) is 12.1 Å². The van der Waals surface area contributed by atoms with Crippen LogP contribution >= 0.6 is 0 Å². The Kier molecular flexibility index (Phi) is 17.5. The van der Waals surface area contributed by atoms with Crippen molar-refractivity contribution in [2.45, 2.75) is 27.7 Å². The largest absolute Gasteiger partial charge is 0.397 e. The molecular formula is C20H34N8O4. The van der Waals surface area contributed by atoms with Crippen molar-refractivity contribution >= 4 is 46.4 Å². The van der Waals surface area contributed by atoms with Gasteiger partial charge in [-0.2, -0.15) is 0 Å². The van der Waals surface area contributed by atoms with Gasteiger partial charge >= 0.3 is 0 Å². The number of hydrogen-bond donors (Lipinski definition) is 8. The van der Waals surface area contributed by atoms with Gasteiger partial charge in [0, 0.05) is 27.7 Å². The second-order valence-corrected chi connectivity index (χ2v) is 6.13. The lowest BCUT2D eigenvalue weighted by molar-refractivity contribution is -0.116. The van der Waals surface area contributed by atoms with Crippen LogP contribution in [0.25, 0.3) is 11.1 Å². The number of hydrogen-bond acceptors (Lipinski definition) is 8. The van der Waals surface area contributed by atoms with Crippen LogP contribution < -0.4 is 45.9 Å². The minimum absolute atomic E-state index is 0.333. The van der Waals surface area contributed by atoms with Crippen molar-refractivity contribution in [3.8, 4) is 11.1 Å². The lowest BCUT2D eigenvalue weighted by atomic mass is 10.0. The lowest BCUT2D eigenvalue weighted by Gasteiger charge is -2.07. The number of amides is 4. The van der Waals surface area contributed by atoms with Crippen molar-refractivity contribution in [1.82, 2.24) is 0 Å². The Bertz CT molecular complexity index is 788. The normalized spacial score (nSPS) is 8.25. The van der Waals surface area contributed by atoms with Crippen LogP contribution in [0.2, 0.25) is 0 Å². The van der Waals surface area contributed by atoms with E-state index in [1.807, 2.05) is 24.3 Å². The zero-order valence-electron chi connectivity index (χ0n) is 18.7. The van der Waals surface area contributed by atoms with Gasteiger partial charge < -0.3 is 45.9 Å². The molecule has 4 amide bonds. The van der Waals surface area contributed by atoms with Crippen molar-refractivity contribution < 1.29 is 19.2 Å². The van der Waals surface area contributed by atoms with Crippen LogP contribution in [-0.2, 0) is 19.2 Å². The maximum Gasteiger partial charge on any atom is 0.214 e. The van der Waals surface area contributed by atoms with Crippen LogP contribution in [0, 0.1) is 0 Å². The molecule has 12 nitrogen and oxygen atoms in total. The van der Waals surface area contributed by atoms with Crippen LogP contribution in [-0.4, -0.2) is 23.6 Å². The first-order chi connectivity index (χ1) is 14.5. The highest BCUT2D eigenvalue weighted by Crippen LogP contribution is 2.28. The number of anilines is 4. The van der Waals surface area contributed by atoms with Crippen molar-refractivity contribution in [2.24, 2.45) is 22.9 Å². The van der Waals surface area contributed by atoms with Gasteiger partial charge in [-0.3, -0.25) is 19.2 Å². The second-order valence-electron chi connectivity index (χ2n) is 6.13. The summed E-state index contributed by atoms with van der Waals surface area (Å²) in [5, 5.41) is 0. The fourth-order valence-corrected chi connectivity index (χ4v) is 1.51. The van der Waals surface area contributed by atoms with Gasteiger partial charge in [-0.25, -0.2) is 0 Å². The van der Waals surface area contributed by atoms with E-state index in [0.717, 1.165) is 11.1 Å².